The third-order valence-electron chi connectivity index (χ3n) is 5.41. The molecule has 1 aromatic heterocycles. The molecule has 2 N–H and O–H groups in total. The van der Waals surface area contributed by atoms with E-state index < -0.39 is 0 Å². The number of carbonyl (C=O) groups excluding carboxylic acids is 1. The van der Waals surface area contributed by atoms with Crippen LogP contribution in [0.2, 0.25) is 0 Å². The van der Waals surface area contributed by atoms with Crippen molar-refractivity contribution < 1.29 is 14.6 Å². The Kier molecular flexibility index (Phi) is 6.69. The minimum Gasteiger partial charge on any atom is -0.465 e. The van der Waals surface area contributed by atoms with Crippen molar-refractivity contribution in [2.24, 2.45) is 5.92 Å². The van der Waals surface area contributed by atoms with Crippen LogP contribution < -0.4 is 10.2 Å². The quantitative estimate of drug-likeness (QED) is 0.694. The fourth-order valence-electron chi connectivity index (χ4n) is 3.47. The number of benzene rings is 1. The molecule has 1 aliphatic heterocycles. The number of aliphatic hydroxyl groups excluding tert-OH is 1. The Bertz CT molecular complexity index is 869. The molecule has 0 spiro atoms. The predicted octanol–water partition coefficient (Wildman–Crippen LogP) is 2.82. The number of anilines is 2. The number of aryl methyl sites for hydroxylation is 1. The highest BCUT2D eigenvalue weighted by molar-refractivity contribution is 5.89. The van der Waals surface area contributed by atoms with Gasteiger partial charge < -0.3 is 20.1 Å². The number of fused-ring (bicyclic) bond motifs is 1. The minimum atomic E-state index is -0.307. The summed E-state index contributed by atoms with van der Waals surface area (Å²) in [4.78, 5) is 23.3. The van der Waals surface area contributed by atoms with E-state index in [0.717, 1.165) is 37.4 Å². The summed E-state index contributed by atoms with van der Waals surface area (Å²) in [7, 11) is 1.40. The highest BCUT2D eigenvalue weighted by Gasteiger charge is 2.21. The van der Waals surface area contributed by atoms with Crippen LogP contribution in [0, 0.1) is 5.92 Å². The summed E-state index contributed by atoms with van der Waals surface area (Å²) >= 11 is 0. The molecule has 29 heavy (non-hydrogen) atoms. The number of aliphatic hydroxyl groups is 1. The molecule has 0 saturated carbocycles. The summed E-state index contributed by atoms with van der Waals surface area (Å²) in [5, 5.41) is 12.9. The molecular weight excluding hydrogens is 368 g/mol. The van der Waals surface area contributed by atoms with Crippen LogP contribution in [0.3, 0.4) is 0 Å². The van der Waals surface area contributed by atoms with E-state index in [-0.39, 0.29) is 24.5 Å². The smallest absolute Gasteiger partial charge is 0.337 e. The predicted molar refractivity (Wildman–Crippen MR) is 113 cm³/mol. The van der Waals surface area contributed by atoms with Crippen molar-refractivity contribution in [3.63, 3.8) is 0 Å². The van der Waals surface area contributed by atoms with Gasteiger partial charge in [-0.05, 0) is 42.0 Å². The number of nitrogens with zero attached hydrogens (tertiary/aromatic N) is 3. The molecule has 0 bridgehead atoms. The van der Waals surface area contributed by atoms with Gasteiger partial charge in [-0.15, -0.1) is 0 Å². The Hall–Kier alpha value is -2.67. The number of ether oxygens (including phenoxy) is 1. The molecule has 2 heterocycles. The van der Waals surface area contributed by atoms with Gasteiger partial charge in [0.25, 0.3) is 0 Å². The van der Waals surface area contributed by atoms with E-state index >= 15 is 0 Å². The lowest BCUT2D eigenvalue weighted by Gasteiger charge is -2.31. The molecule has 7 nitrogen and oxygen atoms in total. The third-order valence-corrected chi connectivity index (χ3v) is 5.41. The average molecular weight is 399 g/mol. The standard InChI is InChI=1S/C22H30N4O3/c1-5-18-11-20(25-22(23-18)24-19(13-27)14(2)3)26-9-8-15-10-16(21(28)29-4)6-7-17(15)12-26/h6-7,10-11,14,19,27H,5,8-9,12-13H2,1-4H3,(H,23,24,25)/t19-/m1/s1. The fourth-order valence-corrected chi connectivity index (χ4v) is 3.47. The second-order valence-corrected chi connectivity index (χ2v) is 7.72. The minimum absolute atomic E-state index is 0.0341. The largest absolute Gasteiger partial charge is 0.465 e. The molecule has 0 aliphatic carbocycles. The first-order chi connectivity index (χ1) is 13.9. The lowest BCUT2D eigenvalue weighted by atomic mass is 9.97. The molecule has 2 aromatic rings. The molecule has 7 heteroatoms. The zero-order chi connectivity index (χ0) is 21.0. The summed E-state index contributed by atoms with van der Waals surface area (Å²) in [6.45, 7) is 7.76. The Morgan fingerprint density at radius 1 is 1.28 bits per heavy atom. The molecular formula is C22H30N4O3. The Morgan fingerprint density at radius 2 is 2.07 bits per heavy atom. The van der Waals surface area contributed by atoms with Crippen molar-refractivity contribution >= 4 is 17.7 Å². The van der Waals surface area contributed by atoms with Gasteiger partial charge in [0.15, 0.2) is 0 Å². The van der Waals surface area contributed by atoms with E-state index in [9.17, 15) is 9.90 Å². The van der Waals surface area contributed by atoms with Crippen LogP contribution in [0.15, 0.2) is 24.3 Å². The van der Waals surface area contributed by atoms with E-state index in [1.54, 1.807) is 0 Å². The normalized spacial score (nSPS) is 14.5. The zero-order valence-corrected chi connectivity index (χ0v) is 17.6. The van der Waals surface area contributed by atoms with Crippen LogP contribution in [0.25, 0.3) is 0 Å². The highest BCUT2D eigenvalue weighted by atomic mass is 16.5. The van der Waals surface area contributed by atoms with Crippen molar-refractivity contribution in [2.45, 2.75) is 46.2 Å². The topological polar surface area (TPSA) is 87.6 Å². The Morgan fingerprint density at radius 3 is 2.72 bits per heavy atom. The molecule has 0 fully saturated rings. The summed E-state index contributed by atoms with van der Waals surface area (Å²) in [5.41, 5.74) is 3.91. The second kappa shape index (κ2) is 9.22. The van der Waals surface area contributed by atoms with E-state index in [0.29, 0.717) is 11.5 Å². The number of carbonyl (C=O) groups is 1. The maximum Gasteiger partial charge on any atom is 0.337 e. The number of aromatic nitrogens is 2. The van der Waals surface area contributed by atoms with Gasteiger partial charge in [-0.2, -0.15) is 4.98 Å². The molecule has 0 amide bonds. The summed E-state index contributed by atoms with van der Waals surface area (Å²) in [6.07, 6.45) is 1.64. The highest BCUT2D eigenvalue weighted by Crippen LogP contribution is 2.26. The summed E-state index contributed by atoms with van der Waals surface area (Å²) < 4.78 is 4.82. The van der Waals surface area contributed by atoms with Gasteiger partial charge in [0.2, 0.25) is 5.95 Å². The lowest BCUT2D eigenvalue weighted by Crippen LogP contribution is -2.33. The maximum atomic E-state index is 11.8. The Balaban J connectivity index is 1.84. The fraction of sp³-hybridized carbons (Fsp3) is 0.500. The third kappa shape index (κ3) is 4.85. The van der Waals surface area contributed by atoms with Gasteiger partial charge in [-0.25, -0.2) is 9.78 Å². The number of rotatable bonds is 7. The number of hydrogen-bond acceptors (Lipinski definition) is 7. The van der Waals surface area contributed by atoms with Gasteiger partial charge in [0.1, 0.15) is 5.82 Å². The van der Waals surface area contributed by atoms with Crippen LogP contribution in [-0.4, -0.2) is 47.3 Å². The number of hydrogen-bond donors (Lipinski definition) is 2. The molecule has 0 radical (unpaired) electrons. The Labute approximate surface area is 172 Å². The monoisotopic (exact) mass is 398 g/mol. The van der Waals surface area contributed by atoms with Gasteiger partial charge in [0, 0.05) is 24.8 Å². The maximum absolute atomic E-state index is 11.8. The van der Waals surface area contributed by atoms with Crippen LogP contribution in [0.4, 0.5) is 11.8 Å². The second-order valence-electron chi connectivity index (χ2n) is 7.72. The van der Waals surface area contributed by atoms with Crippen molar-refractivity contribution in [3.8, 4) is 0 Å². The van der Waals surface area contributed by atoms with Crippen molar-refractivity contribution in [3.05, 3.63) is 46.6 Å². The van der Waals surface area contributed by atoms with Crippen molar-refractivity contribution in [1.29, 1.82) is 0 Å². The molecule has 1 aliphatic rings. The van der Waals surface area contributed by atoms with Crippen LogP contribution in [0.5, 0.6) is 0 Å². The first-order valence-corrected chi connectivity index (χ1v) is 10.2. The van der Waals surface area contributed by atoms with E-state index in [2.05, 4.69) is 36.0 Å². The summed E-state index contributed by atoms with van der Waals surface area (Å²) in [6, 6.07) is 7.68. The molecule has 156 valence electrons. The lowest BCUT2D eigenvalue weighted by molar-refractivity contribution is 0.0600. The first kappa shape index (κ1) is 21.0. The van der Waals surface area contributed by atoms with Gasteiger partial charge in [0.05, 0.1) is 25.3 Å². The van der Waals surface area contributed by atoms with Crippen LogP contribution in [0.1, 0.15) is 48.0 Å². The SMILES string of the molecule is CCc1cc(N2CCc3cc(C(=O)OC)ccc3C2)nc(N[C@H](CO)C(C)C)n1. The first-order valence-electron chi connectivity index (χ1n) is 10.2. The molecule has 1 atom stereocenters. The van der Waals surface area contributed by atoms with Gasteiger partial charge in [-0.3, -0.25) is 0 Å². The number of methoxy groups -OCH3 is 1. The van der Waals surface area contributed by atoms with Crippen LogP contribution in [-0.2, 0) is 24.1 Å². The van der Waals surface area contributed by atoms with E-state index in [4.69, 9.17) is 9.72 Å². The zero-order valence-electron chi connectivity index (χ0n) is 17.6. The van der Waals surface area contributed by atoms with Gasteiger partial charge >= 0.3 is 5.97 Å². The number of esters is 1. The van der Waals surface area contributed by atoms with E-state index in [1.807, 2.05) is 24.3 Å². The van der Waals surface area contributed by atoms with E-state index in [1.165, 1.54) is 18.2 Å². The van der Waals surface area contributed by atoms with Gasteiger partial charge in [-0.1, -0.05) is 26.8 Å². The van der Waals surface area contributed by atoms with Crippen LogP contribution >= 0.6 is 0 Å². The summed E-state index contributed by atoms with van der Waals surface area (Å²) in [5.74, 6) is 1.39. The molecule has 0 unspecified atom stereocenters. The average Bonchev–Trinajstić information content (AvgIpc) is 2.75. The number of nitrogens with one attached hydrogen (secondary N) is 1. The molecule has 3 rings (SSSR count). The van der Waals surface area contributed by atoms with Crippen molar-refractivity contribution in [2.75, 3.05) is 30.5 Å². The molecule has 1 aromatic carbocycles. The van der Waals surface area contributed by atoms with Crippen molar-refractivity contribution in [1.82, 2.24) is 9.97 Å². The molecule has 0 saturated heterocycles.